The van der Waals surface area contributed by atoms with Gasteiger partial charge >= 0.3 is 5.97 Å². The van der Waals surface area contributed by atoms with Crippen LogP contribution in [0.2, 0.25) is 0 Å². The zero-order valence-electron chi connectivity index (χ0n) is 22.1. The van der Waals surface area contributed by atoms with Gasteiger partial charge in [0.25, 0.3) is 0 Å². The Morgan fingerprint density at radius 2 is 1.63 bits per heavy atom. The van der Waals surface area contributed by atoms with Crippen LogP contribution in [0.5, 0.6) is 5.75 Å². The van der Waals surface area contributed by atoms with Crippen molar-refractivity contribution in [3.05, 3.63) is 102 Å². The predicted molar refractivity (Wildman–Crippen MR) is 148 cm³/mol. The van der Waals surface area contributed by atoms with Crippen LogP contribution in [0.1, 0.15) is 37.9 Å². The maximum atomic E-state index is 13.8. The summed E-state index contributed by atoms with van der Waals surface area (Å²) in [7, 11) is 0. The number of rotatable bonds is 12. The molecule has 0 saturated carbocycles. The zero-order valence-corrected chi connectivity index (χ0v) is 22.1. The molecule has 0 amide bonds. The SMILES string of the molecule is CCOC(Cc1ccc(OCCn2c(C(C)C)cc(-c3ccccc3)c2-c2ccc(F)cc2)cc1)C(=O)O. The molecule has 1 unspecified atom stereocenters. The van der Waals surface area contributed by atoms with Gasteiger partial charge in [0.05, 0.1) is 12.2 Å². The summed E-state index contributed by atoms with van der Waals surface area (Å²) in [5, 5.41) is 9.33. The van der Waals surface area contributed by atoms with Gasteiger partial charge in [-0.1, -0.05) is 56.3 Å². The van der Waals surface area contributed by atoms with Gasteiger partial charge in [0.1, 0.15) is 18.2 Å². The van der Waals surface area contributed by atoms with Crippen molar-refractivity contribution in [3.8, 4) is 28.1 Å². The minimum atomic E-state index is -0.966. The highest BCUT2D eigenvalue weighted by atomic mass is 19.1. The summed E-state index contributed by atoms with van der Waals surface area (Å²) in [6.45, 7) is 7.52. The van der Waals surface area contributed by atoms with Crippen LogP contribution in [-0.2, 0) is 22.5 Å². The molecular formula is C32H34FNO4. The number of carboxylic acids is 1. The summed E-state index contributed by atoms with van der Waals surface area (Å²) >= 11 is 0. The third kappa shape index (κ3) is 6.50. The van der Waals surface area contributed by atoms with Crippen LogP contribution in [0.3, 0.4) is 0 Å². The van der Waals surface area contributed by atoms with Gasteiger partial charge in [-0.05, 0) is 72.0 Å². The number of benzene rings is 3. The van der Waals surface area contributed by atoms with Crippen LogP contribution < -0.4 is 4.74 Å². The maximum Gasteiger partial charge on any atom is 0.333 e. The van der Waals surface area contributed by atoms with E-state index in [1.807, 2.05) is 54.6 Å². The first-order valence-corrected chi connectivity index (χ1v) is 13.0. The average molecular weight is 516 g/mol. The van der Waals surface area contributed by atoms with Crippen molar-refractivity contribution in [2.24, 2.45) is 0 Å². The van der Waals surface area contributed by atoms with E-state index in [1.165, 1.54) is 17.8 Å². The predicted octanol–water partition coefficient (Wildman–Crippen LogP) is 7.20. The average Bonchev–Trinajstić information content (AvgIpc) is 3.30. The number of aliphatic carboxylic acids is 1. The molecule has 38 heavy (non-hydrogen) atoms. The number of carbonyl (C=O) groups is 1. The fourth-order valence-electron chi connectivity index (χ4n) is 4.65. The Hall–Kier alpha value is -3.90. The molecular weight excluding hydrogens is 481 g/mol. The Morgan fingerprint density at radius 1 is 0.947 bits per heavy atom. The van der Waals surface area contributed by atoms with E-state index in [0.29, 0.717) is 31.9 Å². The minimum Gasteiger partial charge on any atom is -0.492 e. The van der Waals surface area contributed by atoms with Gasteiger partial charge in [-0.2, -0.15) is 0 Å². The highest BCUT2D eigenvalue weighted by Crippen LogP contribution is 2.37. The molecule has 1 N–H and O–H groups in total. The van der Waals surface area contributed by atoms with E-state index in [0.717, 1.165) is 27.9 Å². The molecule has 1 heterocycles. The first-order chi connectivity index (χ1) is 18.4. The van der Waals surface area contributed by atoms with Crippen LogP contribution in [0.25, 0.3) is 22.4 Å². The first kappa shape index (κ1) is 27.1. The third-order valence-corrected chi connectivity index (χ3v) is 6.49. The second kappa shape index (κ2) is 12.6. The molecule has 0 aliphatic rings. The normalized spacial score (nSPS) is 12.0. The van der Waals surface area contributed by atoms with Gasteiger partial charge < -0.3 is 19.1 Å². The number of hydrogen-bond acceptors (Lipinski definition) is 3. The number of nitrogens with zero attached hydrogens (tertiary/aromatic N) is 1. The van der Waals surface area contributed by atoms with Crippen molar-refractivity contribution < 1.29 is 23.8 Å². The highest BCUT2D eigenvalue weighted by molar-refractivity contribution is 5.82. The van der Waals surface area contributed by atoms with Gasteiger partial charge in [-0.3, -0.25) is 0 Å². The lowest BCUT2D eigenvalue weighted by molar-refractivity contribution is -0.149. The van der Waals surface area contributed by atoms with Crippen LogP contribution in [0.4, 0.5) is 4.39 Å². The molecule has 0 bridgehead atoms. The molecule has 0 aliphatic carbocycles. The quantitative estimate of drug-likeness (QED) is 0.217. The Balaban J connectivity index is 1.57. The van der Waals surface area contributed by atoms with Gasteiger partial charge in [0.2, 0.25) is 0 Å². The first-order valence-electron chi connectivity index (χ1n) is 13.0. The van der Waals surface area contributed by atoms with Crippen molar-refractivity contribution in [1.82, 2.24) is 4.57 Å². The molecule has 4 rings (SSSR count). The summed E-state index contributed by atoms with van der Waals surface area (Å²) in [5.41, 5.74) is 6.25. The molecule has 0 spiro atoms. The molecule has 0 radical (unpaired) electrons. The molecule has 198 valence electrons. The Bertz CT molecular complexity index is 1330. The molecule has 5 nitrogen and oxygen atoms in total. The van der Waals surface area contributed by atoms with Crippen molar-refractivity contribution in [1.29, 1.82) is 0 Å². The van der Waals surface area contributed by atoms with E-state index in [-0.39, 0.29) is 11.7 Å². The highest BCUT2D eigenvalue weighted by Gasteiger charge is 2.20. The third-order valence-electron chi connectivity index (χ3n) is 6.49. The van der Waals surface area contributed by atoms with E-state index in [2.05, 4.69) is 36.6 Å². The lowest BCUT2D eigenvalue weighted by Gasteiger charge is -2.17. The van der Waals surface area contributed by atoms with Gasteiger partial charge in [0, 0.05) is 24.3 Å². The van der Waals surface area contributed by atoms with E-state index >= 15 is 0 Å². The molecule has 0 saturated heterocycles. The molecule has 1 atom stereocenters. The second-order valence-electron chi connectivity index (χ2n) is 9.49. The van der Waals surface area contributed by atoms with Gasteiger partial charge in [0.15, 0.2) is 6.10 Å². The molecule has 0 fully saturated rings. The maximum absolute atomic E-state index is 13.8. The number of aromatic nitrogens is 1. The number of carboxylic acid groups (broad SMARTS) is 1. The number of ether oxygens (including phenoxy) is 2. The van der Waals surface area contributed by atoms with Crippen molar-refractivity contribution >= 4 is 5.97 Å². The Labute approximate surface area is 223 Å². The Morgan fingerprint density at radius 3 is 2.24 bits per heavy atom. The molecule has 3 aromatic carbocycles. The van der Waals surface area contributed by atoms with Gasteiger partial charge in [-0.15, -0.1) is 0 Å². The van der Waals surface area contributed by atoms with Crippen molar-refractivity contribution in [3.63, 3.8) is 0 Å². The molecule has 0 aliphatic heterocycles. The summed E-state index contributed by atoms with van der Waals surface area (Å²) < 4.78 is 27.4. The standard InChI is InChI=1S/C32H34FNO4/c1-4-37-30(32(35)36)20-23-10-16-27(17-11-23)38-19-18-34-29(22(2)3)21-28(24-8-6-5-7-9-24)31(34)25-12-14-26(33)15-13-25/h5-17,21-22,30H,4,18-20H2,1-3H3,(H,35,36). The van der Waals surface area contributed by atoms with Crippen LogP contribution in [0, 0.1) is 5.82 Å². The van der Waals surface area contributed by atoms with Crippen molar-refractivity contribution in [2.45, 2.75) is 45.8 Å². The van der Waals surface area contributed by atoms with Crippen LogP contribution in [-0.4, -0.2) is 35.0 Å². The lowest BCUT2D eigenvalue weighted by atomic mass is 10.0. The second-order valence-corrected chi connectivity index (χ2v) is 9.49. The fraction of sp³-hybridized carbons (Fsp3) is 0.281. The Kier molecular flexibility index (Phi) is 8.98. The monoisotopic (exact) mass is 515 g/mol. The summed E-state index contributed by atoms with van der Waals surface area (Å²) in [5.74, 6) is -0.244. The summed E-state index contributed by atoms with van der Waals surface area (Å²) in [4.78, 5) is 11.4. The number of hydrogen-bond donors (Lipinski definition) is 1. The summed E-state index contributed by atoms with van der Waals surface area (Å²) in [6, 6.07) is 26.6. The van der Waals surface area contributed by atoms with E-state index in [1.54, 1.807) is 6.92 Å². The lowest BCUT2D eigenvalue weighted by Crippen LogP contribution is -2.26. The topological polar surface area (TPSA) is 60.7 Å². The van der Waals surface area contributed by atoms with Crippen LogP contribution in [0.15, 0.2) is 84.9 Å². The van der Waals surface area contributed by atoms with Crippen molar-refractivity contribution in [2.75, 3.05) is 13.2 Å². The zero-order chi connectivity index (χ0) is 27.1. The smallest absolute Gasteiger partial charge is 0.333 e. The van der Waals surface area contributed by atoms with Gasteiger partial charge in [-0.25, -0.2) is 9.18 Å². The van der Waals surface area contributed by atoms with E-state index < -0.39 is 12.1 Å². The molecule has 4 aromatic rings. The minimum absolute atomic E-state index is 0.264. The largest absolute Gasteiger partial charge is 0.492 e. The van der Waals surface area contributed by atoms with Crippen LogP contribution >= 0.6 is 0 Å². The fourth-order valence-corrected chi connectivity index (χ4v) is 4.65. The number of halogens is 1. The molecule has 6 heteroatoms. The molecule has 1 aromatic heterocycles. The summed E-state index contributed by atoms with van der Waals surface area (Å²) in [6.07, 6.45) is -0.563. The van der Waals surface area contributed by atoms with E-state index in [9.17, 15) is 14.3 Å². The van der Waals surface area contributed by atoms with E-state index in [4.69, 9.17) is 9.47 Å².